The molecule has 3 rings (SSSR count). The monoisotopic (exact) mass is 446 g/mol. The lowest BCUT2D eigenvalue weighted by molar-refractivity contribution is 0.0939. The van der Waals surface area contributed by atoms with Crippen molar-refractivity contribution >= 4 is 21.6 Å². The van der Waals surface area contributed by atoms with E-state index in [1.54, 1.807) is 31.2 Å². The normalized spacial score (nSPS) is 12.1. The fraction of sp³-hybridized carbons (Fsp3) is 0.136. The molecule has 0 heterocycles. The maximum absolute atomic E-state index is 13.9. The average Bonchev–Trinajstić information content (AvgIpc) is 2.74. The Morgan fingerprint density at radius 3 is 2.35 bits per heavy atom. The highest BCUT2D eigenvalue weighted by Gasteiger charge is 2.19. The lowest BCUT2D eigenvalue weighted by Gasteiger charge is -2.16. The van der Waals surface area contributed by atoms with Gasteiger partial charge in [0.1, 0.15) is 17.4 Å². The first-order valence-electron chi connectivity index (χ1n) is 9.22. The highest BCUT2D eigenvalue weighted by atomic mass is 32.2. The number of nitrogens with one attached hydrogen (secondary N) is 2. The standard InChI is InChI=1S/C22H20F2N2O4S/c1-14(20-11-6-16(23)13-21(20)24)25-22(27)15-4-3-5-19(12-15)31(28,29)26-17-7-9-18(30-2)10-8-17/h3-14,26H,1-2H3,(H,25,27). The summed E-state index contributed by atoms with van der Waals surface area (Å²) in [5.74, 6) is -1.53. The quantitative estimate of drug-likeness (QED) is 0.568. The minimum atomic E-state index is -3.95. The van der Waals surface area contributed by atoms with Crippen molar-refractivity contribution in [1.82, 2.24) is 5.32 Å². The van der Waals surface area contributed by atoms with Crippen LogP contribution in [-0.4, -0.2) is 21.4 Å². The zero-order chi connectivity index (χ0) is 22.6. The Kier molecular flexibility index (Phi) is 6.55. The summed E-state index contributed by atoms with van der Waals surface area (Å²) in [6.07, 6.45) is 0. The molecule has 1 atom stereocenters. The van der Waals surface area contributed by atoms with E-state index in [1.165, 1.54) is 37.4 Å². The lowest BCUT2D eigenvalue weighted by atomic mass is 10.1. The molecule has 0 saturated carbocycles. The van der Waals surface area contributed by atoms with Crippen LogP contribution in [0.3, 0.4) is 0 Å². The van der Waals surface area contributed by atoms with Crippen molar-refractivity contribution in [3.63, 3.8) is 0 Å². The summed E-state index contributed by atoms with van der Waals surface area (Å²) >= 11 is 0. The van der Waals surface area contributed by atoms with E-state index in [0.29, 0.717) is 11.4 Å². The van der Waals surface area contributed by atoms with E-state index in [9.17, 15) is 22.0 Å². The number of carbonyl (C=O) groups is 1. The van der Waals surface area contributed by atoms with E-state index in [2.05, 4.69) is 10.0 Å². The molecule has 0 aliphatic heterocycles. The molecule has 0 saturated heterocycles. The van der Waals surface area contributed by atoms with Crippen molar-refractivity contribution in [2.24, 2.45) is 0 Å². The van der Waals surface area contributed by atoms with Crippen LogP contribution >= 0.6 is 0 Å². The third-order valence-corrected chi connectivity index (χ3v) is 5.90. The largest absolute Gasteiger partial charge is 0.497 e. The number of carbonyl (C=O) groups excluding carboxylic acids is 1. The maximum Gasteiger partial charge on any atom is 0.261 e. The van der Waals surface area contributed by atoms with Crippen LogP contribution < -0.4 is 14.8 Å². The van der Waals surface area contributed by atoms with Gasteiger partial charge >= 0.3 is 0 Å². The Morgan fingerprint density at radius 2 is 1.71 bits per heavy atom. The first kappa shape index (κ1) is 22.2. The molecule has 162 valence electrons. The molecule has 0 spiro atoms. The summed E-state index contributed by atoms with van der Waals surface area (Å²) in [7, 11) is -2.45. The van der Waals surface area contributed by atoms with Gasteiger partial charge in [0.2, 0.25) is 0 Å². The van der Waals surface area contributed by atoms with Crippen LogP contribution in [0.2, 0.25) is 0 Å². The SMILES string of the molecule is COc1ccc(NS(=O)(=O)c2cccc(C(=O)NC(C)c3ccc(F)cc3F)c2)cc1. The van der Waals surface area contributed by atoms with Gasteiger partial charge in [-0.15, -0.1) is 0 Å². The molecule has 0 fully saturated rings. The average molecular weight is 446 g/mol. The number of benzene rings is 3. The fourth-order valence-corrected chi connectivity index (χ4v) is 3.99. The molecule has 0 bridgehead atoms. The van der Waals surface area contributed by atoms with Crippen molar-refractivity contribution in [2.75, 3.05) is 11.8 Å². The number of hydrogen-bond acceptors (Lipinski definition) is 4. The van der Waals surface area contributed by atoms with Crippen molar-refractivity contribution in [1.29, 1.82) is 0 Å². The topological polar surface area (TPSA) is 84.5 Å². The summed E-state index contributed by atoms with van der Waals surface area (Å²) in [6.45, 7) is 1.54. The van der Waals surface area contributed by atoms with Crippen LogP contribution in [0, 0.1) is 11.6 Å². The zero-order valence-electron chi connectivity index (χ0n) is 16.7. The molecule has 3 aromatic rings. The number of sulfonamides is 1. The van der Waals surface area contributed by atoms with Crippen LogP contribution in [0.5, 0.6) is 5.75 Å². The van der Waals surface area contributed by atoms with Crippen LogP contribution in [0.15, 0.2) is 71.6 Å². The number of halogens is 2. The summed E-state index contributed by atoms with van der Waals surface area (Å²) in [5, 5.41) is 2.58. The van der Waals surface area contributed by atoms with Gasteiger partial charge in [0, 0.05) is 22.9 Å². The molecule has 0 radical (unpaired) electrons. The maximum atomic E-state index is 13.9. The predicted octanol–water partition coefficient (Wildman–Crippen LogP) is 4.27. The van der Waals surface area contributed by atoms with Gasteiger partial charge in [-0.25, -0.2) is 17.2 Å². The van der Waals surface area contributed by atoms with Crippen molar-refractivity contribution < 1.29 is 26.7 Å². The molecule has 1 amide bonds. The van der Waals surface area contributed by atoms with E-state index in [0.717, 1.165) is 12.1 Å². The molecule has 0 aromatic heterocycles. The Hall–Kier alpha value is -3.46. The van der Waals surface area contributed by atoms with Gasteiger partial charge in [0.15, 0.2) is 0 Å². The summed E-state index contributed by atoms with van der Waals surface area (Å²) in [6, 6.07) is 14.1. The highest BCUT2D eigenvalue weighted by molar-refractivity contribution is 7.92. The molecule has 9 heteroatoms. The number of methoxy groups -OCH3 is 1. The van der Waals surface area contributed by atoms with Crippen LogP contribution in [0.4, 0.5) is 14.5 Å². The number of amides is 1. The fourth-order valence-electron chi connectivity index (χ4n) is 2.89. The minimum Gasteiger partial charge on any atom is -0.497 e. The van der Waals surface area contributed by atoms with Gasteiger partial charge in [-0.1, -0.05) is 12.1 Å². The molecule has 0 aliphatic rings. The Bertz CT molecular complexity index is 1200. The molecular formula is C22H20F2N2O4S. The molecular weight excluding hydrogens is 426 g/mol. The lowest BCUT2D eigenvalue weighted by Crippen LogP contribution is -2.27. The van der Waals surface area contributed by atoms with Crippen molar-refractivity contribution in [2.45, 2.75) is 17.9 Å². The second-order valence-electron chi connectivity index (χ2n) is 6.72. The summed E-state index contributed by atoms with van der Waals surface area (Å²) < 4.78 is 59.9. The smallest absolute Gasteiger partial charge is 0.261 e. The highest BCUT2D eigenvalue weighted by Crippen LogP contribution is 2.21. The Labute approximate surface area is 178 Å². The van der Waals surface area contributed by atoms with E-state index in [1.807, 2.05) is 0 Å². The Balaban J connectivity index is 1.77. The molecule has 31 heavy (non-hydrogen) atoms. The molecule has 1 unspecified atom stereocenters. The van der Waals surface area contributed by atoms with E-state index in [-0.39, 0.29) is 16.0 Å². The van der Waals surface area contributed by atoms with Crippen LogP contribution in [0.1, 0.15) is 28.9 Å². The molecule has 2 N–H and O–H groups in total. The van der Waals surface area contributed by atoms with Gasteiger partial charge in [-0.3, -0.25) is 9.52 Å². The minimum absolute atomic E-state index is 0.0759. The first-order chi connectivity index (χ1) is 14.7. The van der Waals surface area contributed by atoms with E-state index >= 15 is 0 Å². The van der Waals surface area contributed by atoms with Gasteiger partial charge in [0.25, 0.3) is 15.9 Å². The predicted molar refractivity (Wildman–Crippen MR) is 112 cm³/mol. The van der Waals surface area contributed by atoms with Crippen LogP contribution in [-0.2, 0) is 10.0 Å². The molecule has 0 aliphatic carbocycles. The second kappa shape index (κ2) is 9.13. The first-order valence-corrected chi connectivity index (χ1v) is 10.7. The third-order valence-electron chi connectivity index (χ3n) is 4.53. The van der Waals surface area contributed by atoms with Gasteiger partial charge < -0.3 is 10.1 Å². The molecule has 3 aromatic carbocycles. The number of ether oxygens (including phenoxy) is 1. The van der Waals surface area contributed by atoms with Crippen molar-refractivity contribution in [3.05, 3.63) is 89.5 Å². The van der Waals surface area contributed by atoms with Gasteiger partial charge in [-0.2, -0.15) is 0 Å². The number of rotatable bonds is 7. The summed E-state index contributed by atoms with van der Waals surface area (Å²) in [4.78, 5) is 12.5. The van der Waals surface area contributed by atoms with E-state index < -0.39 is 33.6 Å². The summed E-state index contributed by atoms with van der Waals surface area (Å²) in [5.41, 5.74) is 0.516. The zero-order valence-corrected chi connectivity index (χ0v) is 17.5. The van der Waals surface area contributed by atoms with Gasteiger partial charge in [-0.05, 0) is 55.5 Å². The van der Waals surface area contributed by atoms with Crippen LogP contribution in [0.25, 0.3) is 0 Å². The number of anilines is 1. The van der Waals surface area contributed by atoms with Crippen molar-refractivity contribution in [3.8, 4) is 5.75 Å². The number of hydrogen-bond donors (Lipinski definition) is 2. The second-order valence-corrected chi connectivity index (χ2v) is 8.41. The Morgan fingerprint density at radius 1 is 1.00 bits per heavy atom. The van der Waals surface area contributed by atoms with E-state index in [4.69, 9.17) is 4.74 Å². The van der Waals surface area contributed by atoms with Gasteiger partial charge in [0.05, 0.1) is 18.0 Å². The third kappa shape index (κ3) is 5.37. The molecule has 6 nitrogen and oxygen atoms in total.